The third kappa shape index (κ3) is 4.12. The molecule has 0 radical (unpaired) electrons. The predicted octanol–water partition coefficient (Wildman–Crippen LogP) is 0.618. The fourth-order valence-corrected chi connectivity index (χ4v) is 1.26. The molecule has 1 atom stereocenters. The SMILES string of the molecule is CCC(N)CCNc1cc(=O)[nH]c(C)n1. The van der Waals surface area contributed by atoms with Crippen molar-refractivity contribution in [1.29, 1.82) is 0 Å². The number of rotatable bonds is 5. The zero-order chi connectivity index (χ0) is 11.3. The summed E-state index contributed by atoms with van der Waals surface area (Å²) in [4.78, 5) is 17.8. The summed E-state index contributed by atoms with van der Waals surface area (Å²) in [7, 11) is 0. The molecule has 4 N–H and O–H groups in total. The van der Waals surface area contributed by atoms with Crippen molar-refractivity contribution in [3.8, 4) is 0 Å². The van der Waals surface area contributed by atoms with Crippen LogP contribution in [0.1, 0.15) is 25.6 Å². The average molecular weight is 210 g/mol. The Balaban J connectivity index is 2.47. The summed E-state index contributed by atoms with van der Waals surface area (Å²) >= 11 is 0. The summed E-state index contributed by atoms with van der Waals surface area (Å²) in [6, 6.07) is 1.66. The standard InChI is InChI=1S/C10H18N4O/c1-3-8(11)4-5-12-9-6-10(15)14-7(2)13-9/h6,8H,3-5,11H2,1-2H3,(H2,12,13,14,15). The molecule has 15 heavy (non-hydrogen) atoms. The fourth-order valence-electron chi connectivity index (χ4n) is 1.26. The first kappa shape index (κ1) is 11.7. The van der Waals surface area contributed by atoms with Gasteiger partial charge in [0, 0.05) is 18.7 Å². The molecule has 0 aliphatic heterocycles. The number of hydrogen-bond donors (Lipinski definition) is 3. The molecule has 0 saturated heterocycles. The highest BCUT2D eigenvalue weighted by molar-refractivity contribution is 5.32. The van der Waals surface area contributed by atoms with Crippen molar-refractivity contribution in [2.75, 3.05) is 11.9 Å². The van der Waals surface area contributed by atoms with E-state index in [1.54, 1.807) is 6.92 Å². The minimum Gasteiger partial charge on any atom is -0.370 e. The number of aromatic nitrogens is 2. The van der Waals surface area contributed by atoms with E-state index in [-0.39, 0.29) is 11.6 Å². The van der Waals surface area contributed by atoms with Gasteiger partial charge in [0.15, 0.2) is 0 Å². The maximum absolute atomic E-state index is 11.1. The molecule has 0 aliphatic rings. The van der Waals surface area contributed by atoms with Gasteiger partial charge in [-0.15, -0.1) is 0 Å². The molecule has 0 aromatic carbocycles. The van der Waals surface area contributed by atoms with Gasteiger partial charge in [0.2, 0.25) is 0 Å². The van der Waals surface area contributed by atoms with Gasteiger partial charge in [0.1, 0.15) is 11.6 Å². The van der Waals surface area contributed by atoms with E-state index in [0.29, 0.717) is 11.6 Å². The van der Waals surface area contributed by atoms with Crippen molar-refractivity contribution in [3.05, 3.63) is 22.2 Å². The summed E-state index contributed by atoms with van der Waals surface area (Å²) in [5.74, 6) is 1.23. The third-order valence-electron chi connectivity index (χ3n) is 2.21. The molecular weight excluding hydrogens is 192 g/mol. The second-order valence-electron chi connectivity index (χ2n) is 3.60. The zero-order valence-corrected chi connectivity index (χ0v) is 9.21. The smallest absolute Gasteiger partial charge is 0.252 e. The largest absolute Gasteiger partial charge is 0.370 e. The van der Waals surface area contributed by atoms with E-state index in [1.807, 2.05) is 0 Å². The van der Waals surface area contributed by atoms with Crippen LogP contribution < -0.4 is 16.6 Å². The van der Waals surface area contributed by atoms with Gasteiger partial charge >= 0.3 is 0 Å². The molecule has 5 heteroatoms. The average Bonchev–Trinajstić information content (AvgIpc) is 2.16. The Bertz CT molecular complexity index is 361. The van der Waals surface area contributed by atoms with Crippen LogP contribution in [0.4, 0.5) is 5.82 Å². The van der Waals surface area contributed by atoms with Crippen molar-refractivity contribution in [3.63, 3.8) is 0 Å². The van der Waals surface area contributed by atoms with E-state index < -0.39 is 0 Å². The van der Waals surface area contributed by atoms with Crippen LogP contribution in [0, 0.1) is 6.92 Å². The van der Waals surface area contributed by atoms with E-state index in [0.717, 1.165) is 19.4 Å². The molecule has 1 rings (SSSR count). The molecule has 1 heterocycles. The quantitative estimate of drug-likeness (QED) is 0.665. The van der Waals surface area contributed by atoms with Crippen LogP contribution in [0.2, 0.25) is 0 Å². The van der Waals surface area contributed by atoms with Gasteiger partial charge in [0.05, 0.1) is 0 Å². The molecule has 1 unspecified atom stereocenters. The first-order chi connectivity index (χ1) is 7.11. The van der Waals surface area contributed by atoms with Gasteiger partial charge in [-0.25, -0.2) is 4.98 Å². The lowest BCUT2D eigenvalue weighted by Crippen LogP contribution is -2.22. The summed E-state index contributed by atoms with van der Waals surface area (Å²) in [5, 5.41) is 3.08. The van der Waals surface area contributed by atoms with Crippen molar-refractivity contribution >= 4 is 5.82 Å². The minimum atomic E-state index is -0.134. The van der Waals surface area contributed by atoms with E-state index in [4.69, 9.17) is 5.73 Å². The number of hydrogen-bond acceptors (Lipinski definition) is 4. The highest BCUT2D eigenvalue weighted by Gasteiger charge is 2.00. The van der Waals surface area contributed by atoms with Crippen molar-refractivity contribution in [2.45, 2.75) is 32.7 Å². The number of anilines is 1. The summed E-state index contributed by atoms with van der Waals surface area (Å²) in [6.07, 6.45) is 1.84. The van der Waals surface area contributed by atoms with E-state index >= 15 is 0 Å². The van der Waals surface area contributed by atoms with Gasteiger partial charge in [-0.05, 0) is 19.8 Å². The van der Waals surface area contributed by atoms with Crippen molar-refractivity contribution in [1.82, 2.24) is 9.97 Å². The van der Waals surface area contributed by atoms with Crippen LogP contribution in [0.3, 0.4) is 0 Å². The molecule has 1 aromatic heterocycles. The molecule has 0 bridgehead atoms. The Labute approximate surface area is 89.1 Å². The van der Waals surface area contributed by atoms with Gasteiger partial charge in [-0.1, -0.05) is 6.92 Å². The van der Waals surface area contributed by atoms with Crippen LogP contribution in [0.25, 0.3) is 0 Å². The molecule has 0 spiro atoms. The second-order valence-corrected chi connectivity index (χ2v) is 3.60. The van der Waals surface area contributed by atoms with Crippen LogP contribution in [-0.2, 0) is 0 Å². The zero-order valence-electron chi connectivity index (χ0n) is 9.21. The molecule has 0 aliphatic carbocycles. The lowest BCUT2D eigenvalue weighted by atomic mass is 10.2. The molecule has 0 amide bonds. The lowest BCUT2D eigenvalue weighted by Gasteiger charge is -2.09. The number of nitrogens with one attached hydrogen (secondary N) is 2. The van der Waals surface area contributed by atoms with Crippen molar-refractivity contribution < 1.29 is 0 Å². The normalized spacial score (nSPS) is 12.5. The topological polar surface area (TPSA) is 83.8 Å². The number of nitrogens with two attached hydrogens (primary N) is 1. The highest BCUT2D eigenvalue weighted by Crippen LogP contribution is 1.99. The Kier molecular flexibility index (Phi) is 4.30. The predicted molar refractivity (Wildman–Crippen MR) is 61.0 cm³/mol. The Morgan fingerprint density at radius 1 is 1.67 bits per heavy atom. The molecule has 5 nitrogen and oxygen atoms in total. The van der Waals surface area contributed by atoms with Gasteiger partial charge < -0.3 is 16.0 Å². The fraction of sp³-hybridized carbons (Fsp3) is 0.600. The highest BCUT2D eigenvalue weighted by atomic mass is 16.1. The first-order valence-corrected chi connectivity index (χ1v) is 5.19. The van der Waals surface area contributed by atoms with Crippen LogP contribution in [0.15, 0.2) is 10.9 Å². The molecule has 84 valence electrons. The summed E-state index contributed by atoms with van der Waals surface area (Å²) in [5.41, 5.74) is 5.63. The molecule has 1 aromatic rings. The number of H-pyrrole nitrogens is 1. The van der Waals surface area contributed by atoms with E-state index in [2.05, 4.69) is 22.2 Å². The Morgan fingerprint density at radius 3 is 3.00 bits per heavy atom. The third-order valence-corrected chi connectivity index (χ3v) is 2.21. The lowest BCUT2D eigenvalue weighted by molar-refractivity contribution is 0.613. The van der Waals surface area contributed by atoms with Crippen LogP contribution in [0.5, 0.6) is 0 Å². The first-order valence-electron chi connectivity index (χ1n) is 5.19. The van der Waals surface area contributed by atoms with Crippen LogP contribution >= 0.6 is 0 Å². The molecular formula is C10H18N4O. The Hall–Kier alpha value is -1.36. The number of aromatic amines is 1. The number of aryl methyl sites for hydroxylation is 1. The molecule has 0 fully saturated rings. The maximum atomic E-state index is 11.1. The number of nitrogens with zero attached hydrogens (tertiary/aromatic N) is 1. The van der Waals surface area contributed by atoms with E-state index in [1.165, 1.54) is 6.07 Å². The second kappa shape index (κ2) is 5.50. The van der Waals surface area contributed by atoms with Crippen LogP contribution in [-0.4, -0.2) is 22.6 Å². The summed E-state index contributed by atoms with van der Waals surface area (Å²) < 4.78 is 0. The Morgan fingerprint density at radius 2 is 2.40 bits per heavy atom. The molecule has 0 saturated carbocycles. The maximum Gasteiger partial charge on any atom is 0.252 e. The van der Waals surface area contributed by atoms with Crippen molar-refractivity contribution in [2.24, 2.45) is 5.73 Å². The summed E-state index contributed by atoms with van der Waals surface area (Å²) in [6.45, 7) is 4.55. The van der Waals surface area contributed by atoms with Gasteiger partial charge in [-0.2, -0.15) is 0 Å². The monoisotopic (exact) mass is 210 g/mol. The van der Waals surface area contributed by atoms with E-state index in [9.17, 15) is 4.79 Å². The van der Waals surface area contributed by atoms with Gasteiger partial charge in [-0.3, -0.25) is 4.79 Å². The van der Waals surface area contributed by atoms with Gasteiger partial charge in [0.25, 0.3) is 5.56 Å². The minimum absolute atomic E-state index is 0.134.